The number of alkyl halides is 3. The van der Waals surface area contributed by atoms with Crippen LogP contribution in [0.5, 0.6) is 0 Å². The van der Waals surface area contributed by atoms with Gasteiger partial charge in [-0.05, 0) is 13.0 Å². The summed E-state index contributed by atoms with van der Waals surface area (Å²) >= 11 is 0. The smallest absolute Gasteiger partial charge is 0.395 e. The van der Waals surface area contributed by atoms with Crippen molar-refractivity contribution >= 4 is 5.91 Å². The molecule has 0 saturated carbocycles. The second kappa shape index (κ2) is 7.45. The summed E-state index contributed by atoms with van der Waals surface area (Å²) in [6, 6.07) is 0. The standard InChI is InChI=1S/C9H17F3N2O2/c1-2-3-13-6-8(16)14(4-5-15)7-9(10,11)12/h13,15H,2-7H2,1H3. The molecule has 0 aromatic carbocycles. The van der Waals surface area contributed by atoms with Crippen molar-refractivity contribution in [1.29, 1.82) is 0 Å². The number of hydrogen-bond donors (Lipinski definition) is 2. The average Bonchev–Trinajstić information content (AvgIpc) is 2.15. The van der Waals surface area contributed by atoms with Crippen LogP contribution in [0.1, 0.15) is 13.3 Å². The van der Waals surface area contributed by atoms with Crippen molar-refractivity contribution in [2.24, 2.45) is 0 Å². The minimum absolute atomic E-state index is 0.135. The number of hydrogen-bond acceptors (Lipinski definition) is 3. The second-order valence-electron chi connectivity index (χ2n) is 3.33. The molecule has 0 heterocycles. The number of aliphatic hydroxyl groups excluding tert-OH is 1. The van der Waals surface area contributed by atoms with E-state index in [1.807, 2.05) is 6.92 Å². The van der Waals surface area contributed by atoms with Gasteiger partial charge in [0.1, 0.15) is 6.54 Å². The Kier molecular flexibility index (Phi) is 7.07. The summed E-state index contributed by atoms with van der Waals surface area (Å²) < 4.78 is 36.2. The van der Waals surface area contributed by atoms with Gasteiger partial charge >= 0.3 is 6.18 Å². The molecule has 0 spiro atoms. The Balaban J connectivity index is 4.13. The van der Waals surface area contributed by atoms with E-state index >= 15 is 0 Å². The van der Waals surface area contributed by atoms with Crippen LogP contribution in [0, 0.1) is 0 Å². The highest BCUT2D eigenvalue weighted by atomic mass is 19.4. The summed E-state index contributed by atoms with van der Waals surface area (Å²) in [6.45, 7) is 0.231. The van der Waals surface area contributed by atoms with Crippen LogP contribution in [-0.2, 0) is 4.79 Å². The van der Waals surface area contributed by atoms with E-state index in [4.69, 9.17) is 5.11 Å². The second-order valence-corrected chi connectivity index (χ2v) is 3.33. The Morgan fingerprint density at radius 2 is 2.06 bits per heavy atom. The molecular formula is C9H17F3N2O2. The van der Waals surface area contributed by atoms with Crippen molar-refractivity contribution < 1.29 is 23.1 Å². The van der Waals surface area contributed by atoms with Gasteiger partial charge in [-0.25, -0.2) is 0 Å². The molecule has 16 heavy (non-hydrogen) atoms. The quantitative estimate of drug-likeness (QED) is 0.634. The number of rotatable bonds is 7. The number of carbonyl (C=O) groups excluding carboxylic acids is 1. The SMILES string of the molecule is CCCNCC(=O)N(CCO)CC(F)(F)F. The highest BCUT2D eigenvalue weighted by Gasteiger charge is 2.32. The summed E-state index contributed by atoms with van der Waals surface area (Å²) in [5.41, 5.74) is 0. The molecule has 0 aliphatic heterocycles. The molecule has 0 unspecified atom stereocenters. The minimum Gasteiger partial charge on any atom is -0.395 e. The van der Waals surface area contributed by atoms with Gasteiger partial charge in [-0.2, -0.15) is 13.2 Å². The van der Waals surface area contributed by atoms with E-state index in [1.165, 1.54) is 0 Å². The molecule has 0 atom stereocenters. The van der Waals surface area contributed by atoms with Crippen LogP contribution >= 0.6 is 0 Å². The molecule has 1 amide bonds. The maximum atomic E-state index is 12.1. The molecule has 0 aromatic heterocycles. The molecule has 0 rings (SSSR count). The lowest BCUT2D eigenvalue weighted by Gasteiger charge is -2.23. The zero-order chi connectivity index (χ0) is 12.6. The van der Waals surface area contributed by atoms with E-state index < -0.39 is 25.2 Å². The number of carbonyl (C=O) groups is 1. The Hall–Kier alpha value is -0.820. The third-order valence-corrected chi connectivity index (χ3v) is 1.80. The number of aliphatic hydroxyl groups is 1. The fourth-order valence-electron chi connectivity index (χ4n) is 1.11. The fraction of sp³-hybridized carbons (Fsp3) is 0.889. The molecule has 0 aliphatic carbocycles. The van der Waals surface area contributed by atoms with Crippen molar-refractivity contribution in [2.45, 2.75) is 19.5 Å². The number of amides is 1. The first-order valence-corrected chi connectivity index (χ1v) is 5.06. The monoisotopic (exact) mass is 242 g/mol. The van der Waals surface area contributed by atoms with Crippen LogP contribution < -0.4 is 5.32 Å². The van der Waals surface area contributed by atoms with E-state index in [1.54, 1.807) is 0 Å². The molecular weight excluding hydrogens is 225 g/mol. The van der Waals surface area contributed by atoms with Crippen LogP contribution in [0.15, 0.2) is 0 Å². The fourth-order valence-corrected chi connectivity index (χ4v) is 1.11. The number of nitrogens with zero attached hydrogens (tertiary/aromatic N) is 1. The van der Waals surface area contributed by atoms with E-state index in [2.05, 4.69) is 5.32 Å². The van der Waals surface area contributed by atoms with E-state index in [0.29, 0.717) is 11.4 Å². The first-order valence-electron chi connectivity index (χ1n) is 5.06. The van der Waals surface area contributed by atoms with E-state index in [0.717, 1.165) is 6.42 Å². The van der Waals surface area contributed by atoms with Crippen LogP contribution in [0.4, 0.5) is 13.2 Å². The lowest BCUT2D eigenvalue weighted by Crippen LogP contribution is -2.44. The maximum Gasteiger partial charge on any atom is 0.406 e. The number of halogens is 3. The van der Waals surface area contributed by atoms with Crippen LogP contribution in [0.3, 0.4) is 0 Å². The topological polar surface area (TPSA) is 52.6 Å². The van der Waals surface area contributed by atoms with Crippen LogP contribution in [0.2, 0.25) is 0 Å². The summed E-state index contributed by atoms with van der Waals surface area (Å²) in [5.74, 6) is -0.653. The summed E-state index contributed by atoms with van der Waals surface area (Å²) in [6.07, 6.45) is -3.64. The zero-order valence-electron chi connectivity index (χ0n) is 9.18. The molecule has 0 bridgehead atoms. The first-order chi connectivity index (χ1) is 7.40. The van der Waals surface area contributed by atoms with Gasteiger partial charge in [0.05, 0.1) is 13.2 Å². The first kappa shape index (κ1) is 15.2. The molecule has 0 aromatic rings. The minimum atomic E-state index is -4.43. The zero-order valence-corrected chi connectivity index (χ0v) is 9.18. The Morgan fingerprint density at radius 1 is 1.44 bits per heavy atom. The molecule has 0 aliphatic rings. The predicted molar refractivity (Wildman–Crippen MR) is 52.9 cm³/mol. The Labute approximate surface area is 92.4 Å². The van der Waals surface area contributed by atoms with Gasteiger partial charge in [0.25, 0.3) is 0 Å². The molecule has 0 saturated heterocycles. The molecule has 7 heteroatoms. The van der Waals surface area contributed by atoms with Crippen molar-refractivity contribution in [1.82, 2.24) is 10.2 Å². The van der Waals surface area contributed by atoms with E-state index in [-0.39, 0.29) is 13.1 Å². The Bertz CT molecular complexity index is 209. The average molecular weight is 242 g/mol. The molecule has 0 radical (unpaired) electrons. The lowest BCUT2D eigenvalue weighted by atomic mass is 10.4. The summed E-state index contributed by atoms with van der Waals surface area (Å²) in [4.78, 5) is 11.9. The van der Waals surface area contributed by atoms with Gasteiger partial charge in [0.15, 0.2) is 0 Å². The predicted octanol–water partition coefficient (Wildman–Crippen LogP) is 0.369. The Morgan fingerprint density at radius 3 is 2.50 bits per heavy atom. The van der Waals surface area contributed by atoms with Crippen molar-refractivity contribution in [3.05, 3.63) is 0 Å². The van der Waals surface area contributed by atoms with Gasteiger partial charge in [-0.3, -0.25) is 4.79 Å². The molecule has 2 N–H and O–H groups in total. The van der Waals surface area contributed by atoms with Crippen LogP contribution in [0.25, 0.3) is 0 Å². The van der Waals surface area contributed by atoms with Crippen molar-refractivity contribution in [3.8, 4) is 0 Å². The van der Waals surface area contributed by atoms with Gasteiger partial charge in [0, 0.05) is 6.54 Å². The largest absolute Gasteiger partial charge is 0.406 e. The number of nitrogens with one attached hydrogen (secondary N) is 1. The normalized spacial score (nSPS) is 11.6. The third-order valence-electron chi connectivity index (χ3n) is 1.80. The van der Waals surface area contributed by atoms with Crippen molar-refractivity contribution in [3.63, 3.8) is 0 Å². The maximum absolute atomic E-state index is 12.1. The van der Waals surface area contributed by atoms with Gasteiger partial charge < -0.3 is 15.3 Å². The highest BCUT2D eigenvalue weighted by molar-refractivity contribution is 5.78. The summed E-state index contributed by atoms with van der Waals surface area (Å²) in [7, 11) is 0. The molecule has 0 fully saturated rings. The summed E-state index contributed by atoms with van der Waals surface area (Å²) in [5, 5.41) is 11.3. The lowest BCUT2D eigenvalue weighted by molar-refractivity contribution is -0.161. The van der Waals surface area contributed by atoms with Gasteiger partial charge in [-0.1, -0.05) is 6.92 Å². The van der Waals surface area contributed by atoms with Gasteiger partial charge in [0.2, 0.25) is 5.91 Å². The third kappa shape index (κ3) is 7.47. The van der Waals surface area contributed by atoms with Crippen molar-refractivity contribution in [2.75, 3.05) is 32.8 Å². The highest BCUT2D eigenvalue weighted by Crippen LogP contribution is 2.16. The van der Waals surface area contributed by atoms with Crippen LogP contribution in [-0.4, -0.2) is 54.9 Å². The van der Waals surface area contributed by atoms with E-state index in [9.17, 15) is 18.0 Å². The molecule has 96 valence electrons. The van der Waals surface area contributed by atoms with Gasteiger partial charge in [-0.15, -0.1) is 0 Å². The molecule has 4 nitrogen and oxygen atoms in total.